The molecule has 0 fully saturated rings. The minimum Gasteiger partial charge on any atom is -0.424 e. The van der Waals surface area contributed by atoms with Gasteiger partial charge in [0.25, 0.3) is 6.01 Å². The van der Waals surface area contributed by atoms with Crippen molar-refractivity contribution >= 4 is 17.1 Å². The second kappa shape index (κ2) is 3.67. The van der Waals surface area contributed by atoms with Crippen LogP contribution in [-0.4, -0.2) is 17.6 Å². The van der Waals surface area contributed by atoms with Gasteiger partial charge in [0.15, 0.2) is 5.58 Å². The molecule has 1 aromatic carbocycles. The molecule has 0 aliphatic rings. The third kappa shape index (κ3) is 1.85. The Hall–Kier alpha value is -1.55. The van der Waals surface area contributed by atoms with Gasteiger partial charge < -0.3 is 15.5 Å². The summed E-state index contributed by atoms with van der Waals surface area (Å²) in [7, 11) is 0. The SMILES string of the molecule is CC(N)CNc1nc2ccccc2o1. The predicted molar refractivity (Wildman–Crippen MR) is 56.1 cm³/mol. The van der Waals surface area contributed by atoms with E-state index in [9.17, 15) is 0 Å². The van der Waals surface area contributed by atoms with Crippen molar-refractivity contribution in [2.75, 3.05) is 11.9 Å². The molecule has 2 aromatic rings. The summed E-state index contributed by atoms with van der Waals surface area (Å²) in [6.07, 6.45) is 0. The van der Waals surface area contributed by atoms with Gasteiger partial charge in [-0.1, -0.05) is 12.1 Å². The zero-order valence-corrected chi connectivity index (χ0v) is 8.03. The molecule has 3 N–H and O–H groups in total. The van der Waals surface area contributed by atoms with E-state index in [1.165, 1.54) is 0 Å². The number of hydrogen-bond donors (Lipinski definition) is 2. The van der Waals surface area contributed by atoms with Gasteiger partial charge in [-0.2, -0.15) is 4.98 Å². The summed E-state index contributed by atoms with van der Waals surface area (Å²) in [4.78, 5) is 4.25. The molecule has 0 saturated carbocycles. The molecule has 0 aliphatic carbocycles. The van der Waals surface area contributed by atoms with Gasteiger partial charge in [-0.05, 0) is 19.1 Å². The largest absolute Gasteiger partial charge is 0.424 e. The molecule has 14 heavy (non-hydrogen) atoms. The number of benzene rings is 1. The van der Waals surface area contributed by atoms with Crippen molar-refractivity contribution in [1.29, 1.82) is 0 Å². The smallest absolute Gasteiger partial charge is 0.295 e. The third-order valence-electron chi connectivity index (χ3n) is 1.87. The Bertz CT molecular complexity index is 389. The number of aromatic nitrogens is 1. The summed E-state index contributed by atoms with van der Waals surface area (Å²) in [5.41, 5.74) is 7.25. The Kier molecular flexibility index (Phi) is 2.37. The number of para-hydroxylation sites is 2. The topological polar surface area (TPSA) is 64.1 Å². The lowest BCUT2D eigenvalue weighted by Gasteiger charge is -2.03. The standard InChI is InChI=1S/C10H13N3O/c1-7(11)6-12-10-13-8-4-2-3-5-9(8)14-10/h2-5,7H,6,11H2,1H3,(H,12,13). The normalized spacial score (nSPS) is 13.0. The van der Waals surface area contributed by atoms with Crippen LogP contribution >= 0.6 is 0 Å². The number of nitrogens with two attached hydrogens (primary N) is 1. The molecule has 2 rings (SSSR count). The fraction of sp³-hybridized carbons (Fsp3) is 0.300. The summed E-state index contributed by atoms with van der Waals surface area (Å²) in [6.45, 7) is 2.59. The molecule has 1 heterocycles. The number of nitrogens with one attached hydrogen (secondary N) is 1. The molecule has 1 unspecified atom stereocenters. The van der Waals surface area contributed by atoms with Crippen LogP contribution in [0.1, 0.15) is 6.92 Å². The van der Waals surface area contributed by atoms with Crippen molar-refractivity contribution in [3.63, 3.8) is 0 Å². The lowest BCUT2D eigenvalue weighted by atomic mass is 10.3. The Morgan fingerprint density at radius 3 is 3.00 bits per heavy atom. The summed E-state index contributed by atoms with van der Waals surface area (Å²) < 4.78 is 5.44. The maximum Gasteiger partial charge on any atom is 0.295 e. The molecule has 1 aromatic heterocycles. The van der Waals surface area contributed by atoms with Crippen molar-refractivity contribution < 1.29 is 4.42 Å². The Labute approximate surface area is 82.1 Å². The van der Waals surface area contributed by atoms with Gasteiger partial charge in [0, 0.05) is 12.6 Å². The van der Waals surface area contributed by atoms with Crippen LogP contribution in [0.5, 0.6) is 0 Å². The minimum atomic E-state index is 0.0880. The lowest BCUT2D eigenvalue weighted by Crippen LogP contribution is -2.25. The van der Waals surface area contributed by atoms with Gasteiger partial charge in [0.2, 0.25) is 0 Å². The molecule has 4 heteroatoms. The van der Waals surface area contributed by atoms with E-state index >= 15 is 0 Å². The molecule has 0 spiro atoms. The second-order valence-electron chi connectivity index (χ2n) is 3.34. The van der Waals surface area contributed by atoms with Crippen molar-refractivity contribution in [3.05, 3.63) is 24.3 Å². The molecular weight excluding hydrogens is 178 g/mol. The van der Waals surface area contributed by atoms with Gasteiger partial charge in [0.1, 0.15) is 5.52 Å². The van der Waals surface area contributed by atoms with Crippen LogP contribution in [0.15, 0.2) is 28.7 Å². The van der Waals surface area contributed by atoms with Crippen LogP contribution in [0.4, 0.5) is 6.01 Å². The van der Waals surface area contributed by atoms with E-state index in [2.05, 4.69) is 10.3 Å². The van der Waals surface area contributed by atoms with E-state index in [0.717, 1.165) is 11.1 Å². The number of oxazole rings is 1. The highest BCUT2D eigenvalue weighted by Gasteiger charge is 2.03. The average Bonchev–Trinajstić information content (AvgIpc) is 2.57. The number of anilines is 1. The van der Waals surface area contributed by atoms with Gasteiger partial charge in [-0.15, -0.1) is 0 Å². The molecule has 0 amide bonds. The Morgan fingerprint density at radius 2 is 2.29 bits per heavy atom. The summed E-state index contributed by atoms with van der Waals surface area (Å²) in [6, 6.07) is 8.27. The van der Waals surface area contributed by atoms with Crippen LogP contribution in [0.2, 0.25) is 0 Å². The van der Waals surface area contributed by atoms with Crippen molar-refractivity contribution in [2.45, 2.75) is 13.0 Å². The van der Waals surface area contributed by atoms with E-state index in [1.807, 2.05) is 31.2 Å². The molecule has 1 atom stereocenters. The van der Waals surface area contributed by atoms with Gasteiger partial charge in [-0.25, -0.2) is 0 Å². The first kappa shape index (κ1) is 9.02. The summed E-state index contributed by atoms with van der Waals surface area (Å²) in [5, 5.41) is 3.03. The van der Waals surface area contributed by atoms with E-state index < -0.39 is 0 Å². The summed E-state index contributed by atoms with van der Waals surface area (Å²) in [5.74, 6) is 0. The van der Waals surface area contributed by atoms with Crippen LogP contribution in [0.25, 0.3) is 11.1 Å². The summed E-state index contributed by atoms with van der Waals surface area (Å²) >= 11 is 0. The van der Waals surface area contributed by atoms with E-state index in [0.29, 0.717) is 12.6 Å². The van der Waals surface area contributed by atoms with E-state index in [4.69, 9.17) is 10.2 Å². The quantitative estimate of drug-likeness (QED) is 0.773. The van der Waals surface area contributed by atoms with Crippen LogP contribution in [0.3, 0.4) is 0 Å². The molecule has 0 aliphatic heterocycles. The number of fused-ring (bicyclic) bond motifs is 1. The molecule has 0 saturated heterocycles. The first-order valence-electron chi connectivity index (χ1n) is 4.61. The number of nitrogens with zero attached hydrogens (tertiary/aromatic N) is 1. The first-order chi connectivity index (χ1) is 6.75. The Balaban J connectivity index is 2.19. The van der Waals surface area contributed by atoms with Crippen molar-refractivity contribution in [2.24, 2.45) is 5.73 Å². The molecule has 0 bridgehead atoms. The van der Waals surface area contributed by atoms with E-state index in [-0.39, 0.29) is 6.04 Å². The minimum absolute atomic E-state index is 0.0880. The second-order valence-corrected chi connectivity index (χ2v) is 3.34. The predicted octanol–water partition coefficient (Wildman–Crippen LogP) is 1.59. The number of hydrogen-bond acceptors (Lipinski definition) is 4. The van der Waals surface area contributed by atoms with E-state index in [1.54, 1.807) is 0 Å². The maximum absolute atomic E-state index is 5.60. The highest BCUT2D eigenvalue weighted by Crippen LogP contribution is 2.17. The monoisotopic (exact) mass is 191 g/mol. The Morgan fingerprint density at radius 1 is 1.50 bits per heavy atom. The van der Waals surface area contributed by atoms with Crippen LogP contribution in [-0.2, 0) is 0 Å². The van der Waals surface area contributed by atoms with Crippen molar-refractivity contribution in [1.82, 2.24) is 4.98 Å². The maximum atomic E-state index is 5.60. The molecule has 74 valence electrons. The molecular formula is C10H13N3O. The van der Waals surface area contributed by atoms with Crippen LogP contribution in [0, 0.1) is 0 Å². The van der Waals surface area contributed by atoms with Crippen molar-refractivity contribution in [3.8, 4) is 0 Å². The molecule has 4 nitrogen and oxygen atoms in total. The molecule has 0 radical (unpaired) electrons. The fourth-order valence-corrected chi connectivity index (χ4v) is 1.20. The third-order valence-corrected chi connectivity index (χ3v) is 1.87. The zero-order valence-electron chi connectivity index (χ0n) is 8.03. The van der Waals surface area contributed by atoms with Gasteiger partial charge in [-0.3, -0.25) is 0 Å². The fourth-order valence-electron chi connectivity index (χ4n) is 1.20. The first-order valence-corrected chi connectivity index (χ1v) is 4.61. The van der Waals surface area contributed by atoms with Gasteiger partial charge >= 0.3 is 0 Å². The highest BCUT2D eigenvalue weighted by atomic mass is 16.4. The average molecular weight is 191 g/mol. The van der Waals surface area contributed by atoms with Gasteiger partial charge in [0.05, 0.1) is 0 Å². The van der Waals surface area contributed by atoms with Crippen LogP contribution < -0.4 is 11.1 Å². The number of rotatable bonds is 3. The zero-order chi connectivity index (χ0) is 9.97. The lowest BCUT2D eigenvalue weighted by molar-refractivity contribution is 0.608. The highest BCUT2D eigenvalue weighted by molar-refractivity contribution is 5.74.